The minimum absolute atomic E-state index is 0.00231. The van der Waals surface area contributed by atoms with Gasteiger partial charge >= 0.3 is 11.9 Å². The molecule has 0 aromatic heterocycles. The SMILES string of the molecule is COC(=O)[C@]12CC[C@@H](C)[C@H](C)[C@@H]1[C@@H]1CC[C@@H]3[C@@]4(C)CC[C@@H](OC(C)=O)C(C)(C)[C@@H]4CC[C@@]3(C)[C@]1(C)CC2. The fourth-order valence-electron chi connectivity index (χ4n) is 12.2. The molecule has 0 saturated heterocycles. The molecule has 5 saturated carbocycles. The van der Waals surface area contributed by atoms with Gasteiger partial charge in [-0.2, -0.15) is 0 Å². The molecule has 210 valence electrons. The van der Waals surface area contributed by atoms with Crippen LogP contribution in [0.2, 0.25) is 0 Å². The molecule has 0 bridgehead atoms. The standard InChI is InChI=1S/C33H54O4/c1-20-12-17-33(28(35)36-9)19-18-31(7)23(27(33)21(20)2)10-11-25-30(6)15-14-26(37-22(3)34)29(4,5)24(30)13-16-32(25,31)8/h20-21,23-27H,10-19H2,1-9H3/t20-,21+,23+,24+,25-,26-,27-,30+,31-,32-,33+/m1/s1. The molecule has 5 aliphatic carbocycles. The molecule has 5 aliphatic rings. The van der Waals surface area contributed by atoms with E-state index in [2.05, 4.69) is 48.5 Å². The highest BCUT2D eigenvalue weighted by Crippen LogP contribution is 2.77. The second-order valence-corrected chi connectivity index (χ2v) is 15.7. The Bertz CT molecular complexity index is 941. The normalized spacial score (nSPS) is 52.5. The average Bonchev–Trinajstić information content (AvgIpc) is 2.83. The molecule has 37 heavy (non-hydrogen) atoms. The van der Waals surface area contributed by atoms with E-state index in [-0.39, 0.29) is 45.1 Å². The van der Waals surface area contributed by atoms with Crippen LogP contribution in [0.15, 0.2) is 0 Å². The minimum Gasteiger partial charge on any atom is -0.469 e. The van der Waals surface area contributed by atoms with Gasteiger partial charge in [0.1, 0.15) is 6.10 Å². The summed E-state index contributed by atoms with van der Waals surface area (Å²) in [5.74, 6) is 3.44. The second kappa shape index (κ2) is 8.72. The van der Waals surface area contributed by atoms with Crippen molar-refractivity contribution in [2.75, 3.05) is 7.11 Å². The number of ether oxygens (including phenoxy) is 2. The number of carbonyl (C=O) groups excluding carboxylic acids is 2. The molecule has 0 unspecified atom stereocenters. The van der Waals surface area contributed by atoms with Crippen molar-refractivity contribution in [1.29, 1.82) is 0 Å². The van der Waals surface area contributed by atoms with Gasteiger partial charge in [-0.1, -0.05) is 48.5 Å². The molecule has 0 amide bonds. The van der Waals surface area contributed by atoms with E-state index >= 15 is 0 Å². The smallest absolute Gasteiger partial charge is 0.312 e. The van der Waals surface area contributed by atoms with E-state index in [0.717, 1.165) is 38.5 Å². The van der Waals surface area contributed by atoms with Crippen LogP contribution < -0.4 is 0 Å². The molecule has 0 aliphatic heterocycles. The van der Waals surface area contributed by atoms with Gasteiger partial charge in [0.2, 0.25) is 0 Å². The van der Waals surface area contributed by atoms with E-state index in [9.17, 15) is 9.59 Å². The van der Waals surface area contributed by atoms with Gasteiger partial charge in [0.05, 0.1) is 12.5 Å². The van der Waals surface area contributed by atoms with Crippen molar-refractivity contribution in [3.8, 4) is 0 Å². The summed E-state index contributed by atoms with van der Waals surface area (Å²) in [6.45, 7) is 19.1. The molecule has 0 aromatic carbocycles. The van der Waals surface area contributed by atoms with Gasteiger partial charge in [0.25, 0.3) is 0 Å². The summed E-state index contributed by atoms with van der Waals surface area (Å²) in [7, 11) is 1.61. The van der Waals surface area contributed by atoms with Crippen LogP contribution in [-0.4, -0.2) is 25.2 Å². The van der Waals surface area contributed by atoms with Gasteiger partial charge in [-0.3, -0.25) is 9.59 Å². The van der Waals surface area contributed by atoms with Crippen molar-refractivity contribution in [2.24, 2.45) is 62.6 Å². The Labute approximate surface area is 226 Å². The summed E-state index contributed by atoms with van der Waals surface area (Å²) in [5.41, 5.74) is 0.503. The first-order chi connectivity index (χ1) is 17.2. The number of fused-ring (bicyclic) bond motifs is 7. The quantitative estimate of drug-likeness (QED) is 0.352. The van der Waals surface area contributed by atoms with Gasteiger partial charge in [0, 0.05) is 12.3 Å². The van der Waals surface area contributed by atoms with Crippen LogP contribution in [0, 0.1) is 62.6 Å². The molecule has 4 heteroatoms. The predicted octanol–water partition coefficient (Wildman–Crippen LogP) is 7.83. The van der Waals surface area contributed by atoms with Crippen molar-refractivity contribution in [2.45, 2.75) is 126 Å². The van der Waals surface area contributed by atoms with E-state index < -0.39 is 0 Å². The number of rotatable bonds is 2. The highest BCUT2D eigenvalue weighted by Gasteiger charge is 2.71. The summed E-state index contributed by atoms with van der Waals surface area (Å²) in [6, 6.07) is 0. The fourth-order valence-corrected chi connectivity index (χ4v) is 12.2. The first-order valence-electron chi connectivity index (χ1n) is 15.4. The Morgan fingerprint density at radius 1 is 0.757 bits per heavy atom. The summed E-state index contributed by atoms with van der Waals surface area (Å²) in [6.07, 6.45) is 11.5. The van der Waals surface area contributed by atoms with Crippen LogP contribution in [0.25, 0.3) is 0 Å². The maximum atomic E-state index is 13.5. The van der Waals surface area contributed by atoms with Crippen LogP contribution in [0.1, 0.15) is 120 Å². The lowest BCUT2D eigenvalue weighted by molar-refractivity contribution is -0.260. The topological polar surface area (TPSA) is 52.6 Å². The molecule has 5 fully saturated rings. The fraction of sp³-hybridized carbons (Fsp3) is 0.939. The zero-order chi connectivity index (χ0) is 27.2. The molecule has 0 radical (unpaired) electrons. The maximum absolute atomic E-state index is 13.5. The Morgan fingerprint density at radius 2 is 1.46 bits per heavy atom. The number of hydrogen-bond acceptors (Lipinski definition) is 4. The van der Waals surface area contributed by atoms with E-state index in [0.29, 0.717) is 35.5 Å². The molecule has 0 N–H and O–H groups in total. The van der Waals surface area contributed by atoms with Crippen LogP contribution >= 0.6 is 0 Å². The molecule has 11 atom stereocenters. The first kappa shape index (κ1) is 27.5. The first-order valence-corrected chi connectivity index (χ1v) is 15.4. The van der Waals surface area contributed by atoms with E-state index in [1.807, 2.05) is 0 Å². The Balaban J connectivity index is 1.52. The second-order valence-electron chi connectivity index (χ2n) is 15.7. The molecular weight excluding hydrogens is 460 g/mol. The largest absolute Gasteiger partial charge is 0.469 e. The van der Waals surface area contributed by atoms with E-state index in [1.165, 1.54) is 25.7 Å². The molecule has 0 heterocycles. The van der Waals surface area contributed by atoms with Crippen LogP contribution in [0.5, 0.6) is 0 Å². The molecule has 0 spiro atoms. The third-order valence-electron chi connectivity index (χ3n) is 14.4. The van der Waals surface area contributed by atoms with Crippen molar-refractivity contribution in [3.05, 3.63) is 0 Å². The minimum atomic E-state index is -0.279. The van der Waals surface area contributed by atoms with Crippen molar-refractivity contribution in [3.63, 3.8) is 0 Å². The van der Waals surface area contributed by atoms with Gasteiger partial charge in [0.15, 0.2) is 0 Å². The van der Waals surface area contributed by atoms with Gasteiger partial charge in [-0.15, -0.1) is 0 Å². The van der Waals surface area contributed by atoms with Crippen molar-refractivity contribution >= 4 is 11.9 Å². The van der Waals surface area contributed by atoms with Crippen molar-refractivity contribution < 1.29 is 19.1 Å². The summed E-state index contributed by atoms with van der Waals surface area (Å²) in [4.78, 5) is 25.4. The lowest BCUT2D eigenvalue weighted by Gasteiger charge is -2.73. The number of hydrogen-bond donors (Lipinski definition) is 0. The maximum Gasteiger partial charge on any atom is 0.312 e. The Morgan fingerprint density at radius 3 is 2.11 bits per heavy atom. The van der Waals surface area contributed by atoms with Crippen LogP contribution in [-0.2, 0) is 19.1 Å². The Kier molecular flexibility index (Phi) is 6.48. The third-order valence-corrected chi connectivity index (χ3v) is 14.4. The zero-order valence-electron chi connectivity index (χ0n) is 25.2. The highest BCUT2D eigenvalue weighted by atomic mass is 16.5. The average molecular weight is 515 g/mol. The summed E-state index contributed by atoms with van der Waals surface area (Å²) >= 11 is 0. The number of esters is 2. The molecule has 4 nitrogen and oxygen atoms in total. The van der Waals surface area contributed by atoms with Crippen molar-refractivity contribution in [1.82, 2.24) is 0 Å². The monoisotopic (exact) mass is 514 g/mol. The van der Waals surface area contributed by atoms with Crippen LogP contribution in [0.4, 0.5) is 0 Å². The molecule has 5 rings (SSSR count). The Hall–Kier alpha value is -1.06. The van der Waals surface area contributed by atoms with Gasteiger partial charge < -0.3 is 9.47 Å². The highest BCUT2D eigenvalue weighted by molar-refractivity contribution is 5.77. The number of carbonyl (C=O) groups is 2. The summed E-state index contributed by atoms with van der Waals surface area (Å²) in [5, 5.41) is 0. The van der Waals surface area contributed by atoms with Gasteiger partial charge in [-0.05, 0) is 116 Å². The van der Waals surface area contributed by atoms with Crippen LogP contribution in [0.3, 0.4) is 0 Å². The third kappa shape index (κ3) is 3.51. The predicted molar refractivity (Wildman–Crippen MR) is 147 cm³/mol. The molecular formula is C33H54O4. The lowest BCUT2D eigenvalue weighted by atomic mass is 9.31. The zero-order valence-corrected chi connectivity index (χ0v) is 25.2. The van der Waals surface area contributed by atoms with E-state index in [1.54, 1.807) is 14.0 Å². The summed E-state index contributed by atoms with van der Waals surface area (Å²) < 4.78 is 11.5. The lowest BCUT2D eigenvalue weighted by Crippen LogP contribution is -2.68. The van der Waals surface area contributed by atoms with E-state index in [4.69, 9.17) is 9.47 Å². The number of methoxy groups -OCH3 is 1. The van der Waals surface area contributed by atoms with Gasteiger partial charge in [-0.25, -0.2) is 0 Å². The molecule has 0 aromatic rings.